The van der Waals surface area contributed by atoms with Crippen molar-refractivity contribution >= 4 is 44.4 Å². The highest BCUT2D eigenvalue weighted by molar-refractivity contribution is 8.03. The molecule has 3 rings (SSSR count). The number of fused-ring (bicyclic) bond motifs is 1. The van der Waals surface area contributed by atoms with Crippen LogP contribution in [-0.4, -0.2) is 22.1 Å². The maximum atomic E-state index is 13.5. The summed E-state index contributed by atoms with van der Waals surface area (Å²) in [5.74, 6) is -0.420. The van der Waals surface area contributed by atoms with Gasteiger partial charge in [0.05, 0.1) is 21.7 Å². The quantitative estimate of drug-likeness (QED) is 0.557. The molecule has 2 heterocycles. The van der Waals surface area contributed by atoms with Gasteiger partial charge in [0.2, 0.25) is 0 Å². The molecule has 0 atom stereocenters. The van der Waals surface area contributed by atoms with Gasteiger partial charge in [-0.2, -0.15) is 0 Å². The number of rotatable bonds is 6. The normalized spacial score (nSPS) is 11.7. The molecule has 7 heteroatoms. The smallest absolute Gasteiger partial charge is 0.266 e. The Hall–Kier alpha value is -2.25. The first-order valence-corrected chi connectivity index (χ1v) is 10.2. The topological polar surface area (TPSA) is 46.1 Å². The second-order valence-electron chi connectivity index (χ2n) is 5.54. The minimum absolute atomic E-state index is 0.109. The summed E-state index contributed by atoms with van der Waals surface area (Å²) in [6, 6.07) is 8.21. The zero-order valence-corrected chi connectivity index (χ0v) is 16.1. The van der Waals surface area contributed by atoms with Crippen molar-refractivity contribution in [2.75, 3.05) is 11.2 Å². The zero-order chi connectivity index (χ0) is 18.5. The molecule has 0 aliphatic rings. The summed E-state index contributed by atoms with van der Waals surface area (Å²) in [4.78, 5) is 24.1. The molecule has 0 bridgehead atoms. The van der Waals surface area contributed by atoms with E-state index in [4.69, 9.17) is 0 Å². The maximum Gasteiger partial charge on any atom is 0.266 e. The summed E-state index contributed by atoms with van der Waals surface area (Å²) in [5, 5.41) is 0.551. The first-order chi connectivity index (χ1) is 12.6. The monoisotopic (exact) mass is 387 g/mol. The first-order valence-electron chi connectivity index (χ1n) is 8.13. The number of thiazole rings is 1. The molecule has 26 heavy (non-hydrogen) atoms. The van der Waals surface area contributed by atoms with E-state index in [1.165, 1.54) is 35.2 Å². The van der Waals surface area contributed by atoms with Gasteiger partial charge in [-0.05, 0) is 42.5 Å². The Morgan fingerprint density at radius 2 is 2.23 bits per heavy atom. The van der Waals surface area contributed by atoms with Crippen LogP contribution in [0.2, 0.25) is 0 Å². The van der Waals surface area contributed by atoms with E-state index in [-0.39, 0.29) is 11.7 Å². The van der Waals surface area contributed by atoms with Crippen molar-refractivity contribution in [3.63, 3.8) is 0 Å². The van der Waals surface area contributed by atoms with Gasteiger partial charge in [0.1, 0.15) is 5.82 Å². The fraction of sp³-hybridized carbons (Fsp3) is 0.211. The number of carbonyl (C=O) groups excluding carboxylic acids is 1. The lowest BCUT2D eigenvalue weighted by molar-refractivity contribution is -0.114. The average Bonchev–Trinajstić information content (AvgIpc) is 3.07. The van der Waals surface area contributed by atoms with Crippen LogP contribution in [0.3, 0.4) is 0 Å². The summed E-state index contributed by atoms with van der Waals surface area (Å²) in [7, 11) is 0. The van der Waals surface area contributed by atoms with E-state index >= 15 is 0 Å². The maximum absolute atomic E-state index is 13.5. The number of halogens is 1. The van der Waals surface area contributed by atoms with Gasteiger partial charge in [0.15, 0.2) is 5.13 Å². The molecule has 0 aliphatic heterocycles. The summed E-state index contributed by atoms with van der Waals surface area (Å²) in [6.07, 6.45) is 8.00. The Bertz CT molecular complexity index is 940. The van der Waals surface area contributed by atoms with Gasteiger partial charge < -0.3 is 0 Å². The third kappa shape index (κ3) is 4.11. The van der Waals surface area contributed by atoms with Gasteiger partial charge in [0, 0.05) is 12.4 Å². The lowest BCUT2D eigenvalue weighted by atomic mass is 10.2. The van der Waals surface area contributed by atoms with Gasteiger partial charge in [-0.3, -0.25) is 14.7 Å². The predicted octanol–water partition coefficient (Wildman–Crippen LogP) is 5.02. The van der Waals surface area contributed by atoms with Gasteiger partial charge in [-0.1, -0.05) is 30.4 Å². The fourth-order valence-corrected chi connectivity index (χ4v) is 4.08. The molecule has 0 spiro atoms. The molecule has 0 unspecified atom stereocenters. The van der Waals surface area contributed by atoms with Gasteiger partial charge in [-0.25, -0.2) is 9.37 Å². The van der Waals surface area contributed by atoms with E-state index < -0.39 is 0 Å². The highest BCUT2D eigenvalue weighted by Gasteiger charge is 2.23. The Kier molecular flexibility index (Phi) is 6.00. The van der Waals surface area contributed by atoms with Crippen molar-refractivity contribution in [3.8, 4) is 0 Å². The molecule has 2 aromatic heterocycles. The van der Waals surface area contributed by atoms with E-state index in [1.54, 1.807) is 23.4 Å². The zero-order valence-electron chi connectivity index (χ0n) is 14.5. The van der Waals surface area contributed by atoms with Crippen LogP contribution in [0.4, 0.5) is 9.52 Å². The average molecular weight is 388 g/mol. The lowest BCUT2D eigenvalue weighted by Gasteiger charge is -2.20. The predicted molar refractivity (Wildman–Crippen MR) is 107 cm³/mol. The number of amides is 1. The van der Waals surface area contributed by atoms with E-state index in [9.17, 15) is 9.18 Å². The van der Waals surface area contributed by atoms with Crippen LogP contribution in [0.25, 0.3) is 10.2 Å². The largest absolute Gasteiger partial charge is 0.279 e. The number of carbonyl (C=O) groups is 1. The third-order valence-electron chi connectivity index (χ3n) is 3.70. The van der Waals surface area contributed by atoms with Crippen LogP contribution in [0.1, 0.15) is 18.9 Å². The second-order valence-corrected chi connectivity index (χ2v) is 7.40. The van der Waals surface area contributed by atoms with Crippen molar-refractivity contribution in [2.45, 2.75) is 19.9 Å². The number of anilines is 1. The Balaban J connectivity index is 2.03. The molecule has 4 nitrogen and oxygen atoms in total. The minimum atomic E-state index is -0.312. The third-order valence-corrected chi connectivity index (χ3v) is 5.52. The number of aromatic nitrogens is 2. The molecule has 0 aliphatic carbocycles. The van der Waals surface area contributed by atoms with Crippen LogP contribution < -0.4 is 4.90 Å². The van der Waals surface area contributed by atoms with Crippen LogP contribution >= 0.6 is 23.1 Å². The molecular formula is C19H18FN3OS2. The van der Waals surface area contributed by atoms with Crippen molar-refractivity contribution in [1.82, 2.24) is 9.97 Å². The van der Waals surface area contributed by atoms with Gasteiger partial charge in [-0.15, -0.1) is 11.8 Å². The molecule has 1 amide bonds. The highest BCUT2D eigenvalue weighted by Crippen LogP contribution is 2.32. The van der Waals surface area contributed by atoms with Crippen LogP contribution in [-0.2, 0) is 11.3 Å². The number of pyridine rings is 1. The molecule has 0 saturated carbocycles. The van der Waals surface area contributed by atoms with Crippen molar-refractivity contribution < 1.29 is 9.18 Å². The number of hydrogen-bond donors (Lipinski definition) is 0. The summed E-state index contributed by atoms with van der Waals surface area (Å²) in [5.41, 5.74) is 1.59. The Morgan fingerprint density at radius 3 is 2.92 bits per heavy atom. The molecular weight excluding hydrogens is 369 g/mol. The summed E-state index contributed by atoms with van der Waals surface area (Å²) in [6.45, 7) is 2.35. The van der Waals surface area contributed by atoms with E-state index in [0.717, 1.165) is 12.0 Å². The molecule has 0 N–H and O–H groups in total. The SMILES string of the molecule is CC/C=C(\SC)C(=O)N(Cc1cccnc1)c1nc2ccc(F)cc2s1. The van der Waals surface area contributed by atoms with Crippen molar-refractivity contribution in [3.05, 3.63) is 65.1 Å². The Morgan fingerprint density at radius 1 is 1.38 bits per heavy atom. The van der Waals surface area contributed by atoms with Crippen LogP contribution in [0.15, 0.2) is 53.7 Å². The molecule has 0 radical (unpaired) electrons. The summed E-state index contributed by atoms with van der Waals surface area (Å²) >= 11 is 2.73. The number of nitrogens with zero attached hydrogens (tertiary/aromatic N) is 3. The van der Waals surface area contributed by atoms with E-state index in [0.29, 0.717) is 26.8 Å². The van der Waals surface area contributed by atoms with E-state index in [1.807, 2.05) is 31.4 Å². The molecule has 0 saturated heterocycles. The summed E-state index contributed by atoms with van der Waals surface area (Å²) < 4.78 is 14.2. The number of benzene rings is 1. The van der Waals surface area contributed by atoms with Gasteiger partial charge >= 0.3 is 0 Å². The van der Waals surface area contributed by atoms with Crippen molar-refractivity contribution in [1.29, 1.82) is 0 Å². The van der Waals surface area contributed by atoms with Gasteiger partial charge in [0.25, 0.3) is 5.91 Å². The fourth-order valence-electron chi connectivity index (χ4n) is 2.48. The molecule has 3 aromatic rings. The van der Waals surface area contributed by atoms with E-state index in [2.05, 4.69) is 9.97 Å². The van der Waals surface area contributed by atoms with Crippen LogP contribution in [0, 0.1) is 5.82 Å². The number of thioether (sulfide) groups is 1. The highest BCUT2D eigenvalue weighted by atomic mass is 32.2. The Labute approximate surface area is 159 Å². The lowest BCUT2D eigenvalue weighted by Crippen LogP contribution is -2.31. The first kappa shape index (κ1) is 18.5. The van der Waals surface area contributed by atoms with Crippen LogP contribution in [0.5, 0.6) is 0 Å². The van der Waals surface area contributed by atoms with Crippen molar-refractivity contribution in [2.24, 2.45) is 0 Å². The molecule has 134 valence electrons. The minimum Gasteiger partial charge on any atom is -0.279 e. The molecule has 0 fully saturated rings. The number of hydrogen-bond acceptors (Lipinski definition) is 5. The standard InChI is InChI=1S/C19H18FN3OS2/c1-3-5-16(25-2)18(24)23(12-13-6-4-9-21-11-13)19-22-15-8-7-14(20)10-17(15)26-19/h4-11H,3,12H2,1-2H3/b16-5-. The second kappa shape index (κ2) is 8.42. The number of allylic oxidation sites excluding steroid dienone is 1. The molecule has 1 aromatic carbocycles.